The van der Waals surface area contributed by atoms with Gasteiger partial charge in [-0.2, -0.15) is 0 Å². The summed E-state index contributed by atoms with van der Waals surface area (Å²) >= 11 is 13.6. The minimum absolute atomic E-state index is 0.0498. The Bertz CT molecular complexity index is 922. The van der Waals surface area contributed by atoms with Crippen molar-refractivity contribution in [2.24, 2.45) is 4.99 Å². The lowest BCUT2D eigenvalue weighted by atomic mass is 10.2. The second-order valence-electron chi connectivity index (χ2n) is 6.44. The van der Waals surface area contributed by atoms with Crippen molar-refractivity contribution in [3.8, 4) is 0 Å². The molecule has 0 saturated carbocycles. The van der Waals surface area contributed by atoms with Gasteiger partial charge in [0.15, 0.2) is 5.17 Å². The maximum absolute atomic E-state index is 13.0. The van der Waals surface area contributed by atoms with Crippen LogP contribution in [-0.2, 0) is 4.79 Å². The van der Waals surface area contributed by atoms with E-state index in [1.54, 1.807) is 23.1 Å². The predicted molar refractivity (Wildman–Crippen MR) is 117 cm³/mol. The molecule has 2 aromatic rings. The first kappa shape index (κ1) is 20.0. The summed E-state index contributed by atoms with van der Waals surface area (Å²) in [4.78, 5) is 20.1. The second-order valence-corrected chi connectivity index (χ2v) is 8.29. The van der Waals surface area contributed by atoms with Crippen molar-refractivity contribution in [2.45, 2.75) is 33.2 Å². The van der Waals surface area contributed by atoms with E-state index in [1.807, 2.05) is 44.2 Å². The summed E-state index contributed by atoms with van der Waals surface area (Å²) in [5.41, 5.74) is 2.76. The zero-order chi connectivity index (χ0) is 19.6. The van der Waals surface area contributed by atoms with E-state index < -0.39 is 0 Å². The van der Waals surface area contributed by atoms with Gasteiger partial charge in [0.25, 0.3) is 5.91 Å². The number of halogens is 2. The van der Waals surface area contributed by atoms with Crippen LogP contribution in [0.25, 0.3) is 6.08 Å². The lowest BCUT2D eigenvalue weighted by Gasteiger charge is -2.22. The summed E-state index contributed by atoms with van der Waals surface area (Å²) < 4.78 is 0. The highest BCUT2D eigenvalue weighted by molar-refractivity contribution is 8.18. The Labute approximate surface area is 174 Å². The van der Waals surface area contributed by atoms with Gasteiger partial charge in [0.05, 0.1) is 10.6 Å². The van der Waals surface area contributed by atoms with Gasteiger partial charge in [0, 0.05) is 16.1 Å². The quantitative estimate of drug-likeness (QED) is 0.517. The van der Waals surface area contributed by atoms with Gasteiger partial charge >= 0.3 is 0 Å². The average molecular weight is 419 g/mol. The fourth-order valence-electron chi connectivity index (χ4n) is 2.63. The van der Waals surface area contributed by atoms with Gasteiger partial charge in [0.2, 0.25) is 0 Å². The SMILES string of the molecule is CC[C@H](C)N1C(=O)/C(=C\c2ccc(Cl)cc2Cl)SC1=Nc1ccc(C)cc1. The molecule has 3 rings (SSSR count). The van der Waals surface area contributed by atoms with E-state index in [2.05, 4.69) is 6.92 Å². The van der Waals surface area contributed by atoms with Crippen molar-refractivity contribution < 1.29 is 4.79 Å². The number of carbonyl (C=O) groups excluding carboxylic acids is 1. The first-order chi connectivity index (χ1) is 12.9. The Morgan fingerprint density at radius 2 is 1.89 bits per heavy atom. The maximum atomic E-state index is 13.0. The Kier molecular flexibility index (Phi) is 6.30. The number of aliphatic imine (C=N–C) groups is 1. The van der Waals surface area contributed by atoms with Crippen LogP contribution in [0.2, 0.25) is 10.0 Å². The number of hydrogen-bond donors (Lipinski definition) is 0. The number of rotatable bonds is 4. The highest BCUT2D eigenvalue weighted by Crippen LogP contribution is 2.37. The summed E-state index contributed by atoms with van der Waals surface area (Å²) in [6, 6.07) is 13.2. The molecule has 0 N–H and O–H groups in total. The molecule has 140 valence electrons. The molecular weight excluding hydrogens is 399 g/mol. The molecule has 1 amide bonds. The Morgan fingerprint density at radius 1 is 1.19 bits per heavy atom. The normalized spacial score (nSPS) is 18.6. The number of nitrogens with zero attached hydrogens (tertiary/aromatic N) is 2. The number of aryl methyl sites for hydroxylation is 1. The van der Waals surface area contributed by atoms with Crippen molar-refractivity contribution in [2.75, 3.05) is 0 Å². The van der Waals surface area contributed by atoms with Crippen LogP contribution < -0.4 is 0 Å². The highest BCUT2D eigenvalue weighted by atomic mass is 35.5. The molecule has 1 aliphatic rings. The standard InChI is InChI=1S/C21H20Cl2N2OS/c1-4-14(3)25-20(26)19(11-15-7-8-16(22)12-18(15)23)27-21(25)24-17-9-5-13(2)6-10-17/h5-12,14H,4H2,1-3H3/b19-11+,24-21?/t14-/m0/s1. The van der Waals surface area contributed by atoms with Crippen molar-refractivity contribution in [1.82, 2.24) is 4.90 Å². The van der Waals surface area contributed by atoms with Gasteiger partial charge in [-0.3, -0.25) is 9.69 Å². The molecule has 0 spiro atoms. The molecule has 1 fully saturated rings. The third-order valence-corrected chi connectivity index (χ3v) is 5.92. The van der Waals surface area contributed by atoms with Crippen LogP contribution in [-0.4, -0.2) is 22.0 Å². The molecule has 3 nitrogen and oxygen atoms in total. The van der Waals surface area contributed by atoms with Crippen molar-refractivity contribution >= 4 is 57.8 Å². The monoisotopic (exact) mass is 418 g/mol. The molecule has 1 atom stereocenters. The molecule has 0 unspecified atom stereocenters. The van der Waals surface area contributed by atoms with Gasteiger partial charge < -0.3 is 0 Å². The van der Waals surface area contributed by atoms with E-state index in [1.165, 1.54) is 17.3 Å². The van der Waals surface area contributed by atoms with Crippen molar-refractivity contribution in [3.63, 3.8) is 0 Å². The van der Waals surface area contributed by atoms with Crippen molar-refractivity contribution in [1.29, 1.82) is 0 Å². The second kappa shape index (κ2) is 8.51. The van der Waals surface area contributed by atoms with Gasteiger partial charge in [-0.1, -0.05) is 53.9 Å². The summed E-state index contributed by atoms with van der Waals surface area (Å²) in [6.07, 6.45) is 2.65. The molecule has 1 aliphatic heterocycles. The molecule has 2 aromatic carbocycles. The molecule has 1 heterocycles. The Hall–Kier alpha value is -1.75. The number of thioether (sulfide) groups is 1. The number of amides is 1. The number of hydrogen-bond acceptors (Lipinski definition) is 3. The van der Waals surface area contributed by atoms with Crippen LogP contribution in [0.15, 0.2) is 52.4 Å². The minimum Gasteiger partial charge on any atom is -0.284 e. The van der Waals surface area contributed by atoms with Crippen LogP contribution >= 0.6 is 35.0 Å². The molecule has 0 aromatic heterocycles. The largest absolute Gasteiger partial charge is 0.284 e. The molecule has 0 radical (unpaired) electrons. The van der Waals surface area contributed by atoms with Gasteiger partial charge in [-0.05, 0) is 67.9 Å². The van der Waals surface area contributed by atoms with E-state index in [-0.39, 0.29) is 11.9 Å². The van der Waals surface area contributed by atoms with E-state index >= 15 is 0 Å². The lowest BCUT2D eigenvalue weighted by Crippen LogP contribution is -2.36. The smallest absolute Gasteiger partial charge is 0.267 e. The zero-order valence-corrected chi connectivity index (χ0v) is 17.7. The van der Waals surface area contributed by atoms with Gasteiger partial charge in [-0.25, -0.2) is 4.99 Å². The molecule has 1 saturated heterocycles. The third-order valence-electron chi connectivity index (χ3n) is 4.38. The highest BCUT2D eigenvalue weighted by Gasteiger charge is 2.36. The third kappa shape index (κ3) is 4.57. The van der Waals surface area contributed by atoms with E-state index in [9.17, 15) is 4.79 Å². The summed E-state index contributed by atoms with van der Waals surface area (Å²) in [5.74, 6) is -0.0498. The molecule has 27 heavy (non-hydrogen) atoms. The predicted octanol–water partition coefficient (Wildman–Crippen LogP) is 6.70. The van der Waals surface area contributed by atoms with Crippen LogP contribution in [0.5, 0.6) is 0 Å². The van der Waals surface area contributed by atoms with E-state index in [0.29, 0.717) is 20.1 Å². The van der Waals surface area contributed by atoms with E-state index in [4.69, 9.17) is 28.2 Å². The fourth-order valence-corrected chi connectivity index (χ4v) is 4.17. The Morgan fingerprint density at radius 3 is 2.52 bits per heavy atom. The minimum atomic E-state index is -0.0498. The average Bonchev–Trinajstić information content (AvgIpc) is 2.94. The topological polar surface area (TPSA) is 32.7 Å². The number of amidine groups is 1. The molecule has 0 bridgehead atoms. The van der Waals surface area contributed by atoms with E-state index in [0.717, 1.165) is 17.7 Å². The first-order valence-corrected chi connectivity index (χ1v) is 10.3. The van der Waals surface area contributed by atoms with Crippen LogP contribution in [0.3, 0.4) is 0 Å². The first-order valence-electron chi connectivity index (χ1n) is 8.72. The zero-order valence-electron chi connectivity index (χ0n) is 15.4. The Balaban J connectivity index is 2.00. The fraction of sp³-hybridized carbons (Fsp3) is 0.238. The van der Waals surface area contributed by atoms with Crippen LogP contribution in [0.4, 0.5) is 5.69 Å². The molecule has 6 heteroatoms. The summed E-state index contributed by atoms with van der Waals surface area (Å²) in [7, 11) is 0. The number of benzene rings is 2. The van der Waals surface area contributed by atoms with Crippen LogP contribution in [0.1, 0.15) is 31.4 Å². The summed E-state index contributed by atoms with van der Waals surface area (Å²) in [5, 5.41) is 1.77. The molecular formula is C21H20Cl2N2OS. The maximum Gasteiger partial charge on any atom is 0.267 e. The van der Waals surface area contributed by atoms with Gasteiger partial charge in [0.1, 0.15) is 0 Å². The number of carbonyl (C=O) groups is 1. The van der Waals surface area contributed by atoms with Crippen LogP contribution in [0, 0.1) is 6.92 Å². The summed E-state index contributed by atoms with van der Waals surface area (Å²) in [6.45, 7) is 6.12. The lowest BCUT2D eigenvalue weighted by molar-refractivity contribution is -0.123. The van der Waals surface area contributed by atoms with Gasteiger partial charge in [-0.15, -0.1) is 0 Å². The molecule has 0 aliphatic carbocycles. The van der Waals surface area contributed by atoms with Crippen molar-refractivity contribution in [3.05, 3.63) is 68.5 Å².